The highest BCUT2D eigenvalue weighted by molar-refractivity contribution is 6.05. The average molecular weight is 398 g/mol. The van der Waals surface area contributed by atoms with Gasteiger partial charge in [-0.05, 0) is 38.2 Å². The predicted molar refractivity (Wildman–Crippen MR) is 112 cm³/mol. The number of nitrogens with one attached hydrogen (secondary N) is 2. The fourth-order valence-corrected chi connectivity index (χ4v) is 3.22. The molecule has 0 atom stereocenters. The Hall–Kier alpha value is -3.20. The predicted octanol–water partition coefficient (Wildman–Crippen LogP) is 1.50. The smallest absolute Gasteiger partial charge is 0.319 e. The van der Waals surface area contributed by atoms with Crippen LogP contribution in [0.1, 0.15) is 31.1 Å². The van der Waals surface area contributed by atoms with Crippen molar-refractivity contribution in [2.75, 3.05) is 25.0 Å². The topological polar surface area (TPSA) is 105 Å². The molecule has 29 heavy (non-hydrogen) atoms. The van der Waals surface area contributed by atoms with E-state index in [1.54, 1.807) is 36.1 Å². The largest absolute Gasteiger partial charge is 0.328 e. The van der Waals surface area contributed by atoms with Crippen LogP contribution < -0.4 is 16.6 Å². The molecule has 0 radical (unpaired) electrons. The van der Waals surface area contributed by atoms with Crippen molar-refractivity contribution in [2.45, 2.75) is 33.9 Å². The monoisotopic (exact) mass is 398 g/mol. The van der Waals surface area contributed by atoms with E-state index >= 15 is 0 Å². The number of aromatic amines is 1. The van der Waals surface area contributed by atoms with E-state index in [-0.39, 0.29) is 18.0 Å². The Morgan fingerprint density at radius 1 is 1.21 bits per heavy atom. The van der Waals surface area contributed by atoms with Gasteiger partial charge in [0.05, 0.1) is 29.3 Å². The Labute approximate surface area is 168 Å². The molecule has 0 aliphatic rings. The van der Waals surface area contributed by atoms with Crippen LogP contribution in [0.15, 0.2) is 40.2 Å². The van der Waals surface area contributed by atoms with Crippen molar-refractivity contribution in [2.24, 2.45) is 0 Å². The highest BCUT2D eigenvalue weighted by Crippen LogP contribution is 2.12. The zero-order valence-electron chi connectivity index (χ0n) is 16.9. The summed E-state index contributed by atoms with van der Waals surface area (Å²) in [6.07, 6.45) is 3.38. The van der Waals surface area contributed by atoms with E-state index in [9.17, 15) is 14.4 Å². The minimum atomic E-state index is -0.489. The van der Waals surface area contributed by atoms with Gasteiger partial charge in [-0.15, -0.1) is 0 Å². The maximum absolute atomic E-state index is 12.6. The second kappa shape index (κ2) is 8.87. The first-order chi connectivity index (χ1) is 14.0. The molecule has 2 aromatic heterocycles. The first-order valence-corrected chi connectivity index (χ1v) is 9.79. The lowest BCUT2D eigenvalue weighted by molar-refractivity contribution is 0.102. The summed E-state index contributed by atoms with van der Waals surface area (Å²) in [5.41, 5.74) is 0.416. The molecule has 0 aliphatic heterocycles. The fourth-order valence-electron chi connectivity index (χ4n) is 3.22. The van der Waals surface area contributed by atoms with Crippen molar-refractivity contribution >= 4 is 22.5 Å². The lowest BCUT2D eigenvalue weighted by Crippen LogP contribution is -2.34. The van der Waals surface area contributed by atoms with Crippen LogP contribution in [0.25, 0.3) is 10.9 Å². The van der Waals surface area contributed by atoms with Crippen LogP contribution >= 0.6 is 0 Å². The van der Waals surface area contributed by atoms with Crippen molar-refractivity contribution in [3.63, 3.8) is 0 Å². The number of carbonyl (C=O) groups is 1. The molecule has 0 fully saturated rings. The Kier molecular flexibility index (Phi) is 6.28. The van der Waals surface area contributed by atoms with Gasteiger partial charge in [0.15, 0.2) is 0 Å². The number of anilines is 1. The summed E-state index contributed by atoms with van der Waals surface area (Å²) in [5.74, 6) is -0.337. The SMILES string of the molecule is CCN(CC)CCn1cc(NC(=O)c2ccc3c(=O)n(CC)c(=O)[nH]c3c2)cn1. The maximum Gasteiger partial charge on any atom is 0.328 e. The van der Waals surface area contributed by atoms with Gasteiger partial charge in [0.1, 0.15) is 0 Å². The molecular weight excluding hydrogens is 372 g/mol. The quantitative estimate of drug-likeness (QED) is 0.598. The average Bonchev–Trinajstić information content (AvgIpc) is 3.16. The molecule has 3 rings (SSSR count). The van der Waals surface area contributed by atoms with Gasteiger partial charge in [-0.3, -0.25) is 18.8 Å². The van der Waals surface area contributed by atoms with Gasteiger partial charge in [-0.2, -0.15) is 5.10 Å². The molecule has 9 nitrogen and oxygen atoms in total. The zero-order chi connectivity index (χ0) is 21.0. The van der Waals surface area contributed by atoms with E-state index in [1.807, 2.05) is 0 Å². The fraction of sp³-hybridized carbons (Fsp3) is 0.400. The van der Waals surface area contributed by atoms with Gasteiger partial charge in [0, 0.05) is 24.8 Å². The van der Waals surface area contributed by atoms with Crippen molar-refractivity contribution < 1.29 is 4.79 Å². The standard InChI is InChI=1S/C20H26N6O3/c1-4-24(5-2)9-10-25-13-15(12-21-25)22-18(27)14-7-8-16-17(11-14)23-20(29)26(6-3)19(16)28/h7-8,11-13H,4-6,9-10H2,1-3H3,(H,22,27)(H,23,29). The third kappa shape index (κ3) is 4.45. The third-order valence-corrected chi connectivity index (χ3v) is 4.99. The van der Waals surface area contributed by atoms with Gasteiger partial charge >= 0.3 is 5.69 Å². The Morgan fingerprint density at radius 3 is 2.66 bits per heavy atom. The van der Waals surface area contributed by atoms with Crippen molar-refractivity contribution in [1.29, 1.82) is 0 Å². The van der Waals surface area contributed by atoms with Crippen LogP contribution in [0.4, 0.5) is 5.69 Å². The van der Waals surface area contributed by atoms with Gasteiger partial charge in [0.2, 0.25) is 0 Å². The van der Waals surface area contributed by atoms with Crippen LogP contribution in [0, 0.1) is 0 Å². The third-order valence-electron chi connectivity index (χ3n) is 4.99. The molecule has 0 saturated carbocycles. The van der Waals surface area contributed by atoms with Crippen LogP contribution in [0.3, 0.4) is 0 Å². The molecule has 0 bridgehead atoms. The minimum Gasteiger partial charge on any atom is -0.319 e. The molecule has 1 amide bonds. The molecule has 0 spiro atoms. The van der Waals surface area contributed by atoms with Gasteiger partial charge < -0.3 is 15.2 Å². The Balaban J connectivity index is 1.75. The van der Waals surface area contributed by atoms with E-state index in [4.69, 9.17) is 0 Å². The molecule has 2 N–H and O–H groups in total. The molecular formula is C20H26N6O3. The number of benzene rings is 1. The van der Waals surface area contributed by atoms with Crippen LogP contribution in [-0.2, 0) is 13.1 Å². The lowest BCUT2D eigenvalue weighted by Gasteiger charge is -2.17. The van der Waals surface area contributed by atoms with Gasteiger partial charge in [0.25, 0.3) is 11.5 Å². The summed E-state index contributed by atoms with van der Waals surface area (Å²) in [6, 6.07) is 4.64. The number of fused-ring (bicyclic) bond motifs is 1. The molecule has 2 heterocycles. The Bertz CT molecular complexity index is 1120. The minimum absolute atomic E-state index is 0.282. The summed E-state index contributed by atoms with van der Waals surface area (Å²) < 4.78 is 2.91. The summed E-state index contributed by atoms with van der Waals surface area (Å²) >= 11 is 0. The van der Waals surface area contributed by atoms with E-state index < -0.39 is 5.69 Å². The number of aromatic nitrogens is 4. The van der Waals surface area contributed by atoms with Crippen LogP contribution in [0.2, 0.25) is 0 Å². The molecule has 9 heteroatoms. The normalized spacial score (nSPS) is 11.3. The number of H-pyrrole nitrogens is 1. The second-order valence-electron chi connectivity index (χ2n) is 6.71. The zero-order valence-corrected chi connectivity index (χ0v) is 16.9. The van der Waals surface area contributed by atoms with Crippen molar-refractivity contribution in [3.05, 3.63) is 57.0 Å². The summed E-state index contributed by atoms with van der Waals surface area (Å²) in [7, 11) is 0. The first kappa shape index (κ1) is 20.5. The highest BCUT2D eigenvalue weighted by Gasteiger charge is 2.12. The number of hydrogen-bond acceptors (Lipinski definition) is 5. The van der Waals surface area contributed by atoms with E-state index in [0.29, 0.717) is 22.2 Å². The molecule has 0 saturated heterocycles. The molecule has 0 unspecified atom stereocenters. The Morgan fingerprint density at radius 2 is 1.97 bits per heavy atom. The molecule has 1 aromatic carbocycles. The molecule has 154 valence electrons. The summed E-state index contributed by atoms with van der Waals surface area (Å²) in [6.45, 7) is 9.83. The van der Waals surface area contributed by atoms with Crippen LogP contribution in [-0.4, -0.2) is 49.8 Å². The van der Waals surface area contributed by atoms with E-state index in [0.717, 1.165) is 30.7 Å². The number of rotatable bonds is 8. The number of likely N-dealkylation sites (N-methyl/N-ethyl adjacent to an activating group) is 1. The summed E-state index contributed by atoms with van der Waals surface area (Å²) in [4.78, 5) is 41.9. The highest BCUT2D eigenvalue weighted by atomic mass is 16.2. The first-order valence-electron chi connectivity index (χ1n) is 9.79. The lowest BCUT2D eigenvalue weighted by atomic mass is 10.1. The molecule has 3 aromatic rings. The van der Waals surface area contributed by atoms with E-state index in [2.05, 4.69) is 34.1 Å². The maximum atomic E-state index is 12.6. The van der Waals surface area contributed by atoms with Gasteiger partial charge in [-0.25, -0.2) is 4.79 Å². The number of amides is 1. The van der Waals surface area contributed by atoms with Crippen molar-refractivity contribution in [1.82, 2.24) is 24.2 Å². The van der Waals surface area contributed by atoms with Crippen molar-refractivity contribution in [3.8, 4) is 0 Å². The number of hydrogen-bond donors (Lipinski definition) is 2. The van der Waals surface area contributed by atoms with Gasteiger partial charge in [-0.1, -0.05) is 13.8 Å². The van der Waals surface area contributed by atoms with E-state index in [1.165, 1.54) is 6.07 Å². The second-order valence-corrected chi connectivity index (χ2v) is 6.71. The number of nitrogens with zero attached hydrogens (tertiary/aromatic N) is 4. The molecule has 0 aliphatic carbocycles. The number of carbonyl (C=O) groups excluding carboxylic acids is 1. The summed E-state index contributed by atoms with van der Waals surface area (Å²) in [5, 5.41) is 7.45. The van der Waals surface area contributed by atoms with Crippen LogP contribution in [0.5, 0.6) is 0 Å².